The van der Waals surface area contributed by atoms with Gasteiger partial charge in [0.1, 0.15) is 5.75 Å². The molecule has 106 valence electrons. The molecule has 0 saturated carbocycles. The molecule has 0 saturated heterocycles. The van der Waals surface area contributed by atoms with Crippen LogP contribution in [0.2, 0.25) is 0 Å². The SMILES string of the molecule is COc1ccccc1-c1nnc(NC(=O)c2ccno2)o1. The lowest BCUT2D eigenvalue weighted by Crippen LogP contribution is -2.11. The Hall–Kier alpha value is -3.16. The van der Waals surface area contributed by atoms with Gasteiger partial charge in [-0.05, 0) is 12.1 Å². The van der Waals surface area contributed by atoms with Crippen LogP contribution in [0.3, 0.4) is 0 Å². The van der Waals surface area contributed by atoms with Crippen molar-refractivity contribution in [3.63, 3.8) is 0 Å². The third-order valence-electron chi connectivity index (χ3n) is 2.64. The van der Waals surface area contributed by atoms with E-state index in [9.17, 15) is 4.79 Å². The second-order valence-corrected chi connectivity index (χ2v) is 3.94. The van der Waals surface area contributed by atoms with Gasteiger partial charge >= 0.3 is 6.01 Å². The largest absolute Gasteiger partial charge is 0.496 e. The van der Waals surface area contributed by atoms with E-state index < -0.39 is 5.91 Å². The summed E-state index contributed by atoms with van der Waals surface area (Å²) >= 11 is 0. The number of amides is 1. The maximum Gasteiger partial charge on any atom is 0.322 e. The number of carbonyl (C=O) groups excluding carboxylic acids is 1. The molecule has 0 aliphatic carbocycles. The van der Waals surface area contributed by atoms with Gasteiger partial charge in [0.2, 0.25) is 5.76 Å². The fraction of sp³-hybridized carbons (Fsp3) is 0.0769. The van der Waals surface area contributed by atoms with Crippen LogP contribution in [-0.4, -0.2) is 28.4 Å². The van der Waals surface area contributed by atoms with Gasteiger partial charge in [-0.1, -0.05) is 22.4 Å². The van der Waals surface area contributed by atoms with Gasteiger partial charge in [-0.2, -0.15) is 0 Å². The normalized spacial score (nSPS) is 10.3. The van der Waals surface area contributed by atoms with E-state index in [1.165, 1.54) is 12.3 Å². The van der Waals surface area contributed by atoms with Crippen molar-refractivity contribution in [1.29, 1.82) is 0 Å². The molecule has 0 spiro atoms. The summed E-state index contributed by atoms with van der Waals surface area (Å²) in [6.45, 7) is 0. The summed E-state index contributed by atoms with van der Waals surface area (Å²) in [6, 6.07) is 8.56. The zero-order chi connectivity index (χ0) is 14.7. The molecule has 0 atom stereocenters. The Labute approximate surface area is 118 Å². The smallest absolute Gasteiger partial charge is 0.322 e. The van der Waals surface area contributed by atoms with Crippen LogP contribution in [0, 0.1) is 0 Å². The first kappa shape index (κ1) is 12.9. The van der Waals surface area contributed by atoms with E-state index in [4.69, 9.17) is 13.7 Å². The standard InChI is InChI=1S/C13H10N4O4/c1-19-9-5-3-2-4-8(9)12-16-17-13(20-12)15-11(18)10-6-7-14-21-10/h2-7H,1H3,(H,15,17,18). The number of para-hydroxylation sites is 1. The van der Waals surface area contributed by atoms with Crippen LogP contribution < -0.4 is 10.1 Å². The van der Waals surface area contributed by atoms with Crippen LogP contribution >= 0.6 is 0 Å². The molecule has 8 heteroatoms. The highest BCUT2D eigenvalue weighted by Crippen LogP contribution is 2.29. The summed E-state index contributed by atoms with van der Waals surface area (Å²) in [4.78, 5) is 11.7. The second-order valence-electron chi connectivity index (χ2n) is 3.94. The molecule has 0 radical (unpaired) electrons. The van der Waals surface area contributed by atoms with E-state index in [0.717, 1.165) is 0 Å². The average Bonchev–Trinajstić information content (AvgIpc) is 3.18. The van der Waals surface area contributed by atoms with Crippen molar-refractivity contribution in [2.75, 3.05) is 12.4 Å². The van der Waals surface area contributed by atoms with E-state index in [1.54, 1.807) is 19.2 Å². The molecule has 1 aromatic carbocycles. The van der Waals surface area contributed by atoms with Gasteiger partial charge in [0.25, 0.3) is 11.8 Å². The Morgan fingerprint density at radius 1 is 1.24 bits per heavy atom. The first-order valence-electron chi connectivity index (χ1n) is 5.97. The molecule has 21 heavy (non-hydrogen) atoms. The molecule has 0 aliphatic heterocycles. The molecule has 0 bridgehead atoms. The van der Waals surface area contributed by atoms with Crippen molar-refractivity contribution in [2.24, 2.45) is 0 Å². The van der Waals surface area contributed by atoms with Gasteiger partial charge < -0.3 is 13.7 Å². The van der Waals surface area contributed by atoms with Crippen LogP contribution in [0.15, 0.2) is 45.5 Å². The minimum absolute atomic E-state index is 0.0442. The summed E-state index contributed by atoms with van der Waals surface area (Å²) < 4.78 is 15.3. The highest BCUT2D eigenvalue weighted by Gasteiger charge is 2.16. The number of benzene rings is 1. The number of ether oxygens (including phenoxy) is 1. The predicted molar refractivity (Wildman–Crippen MR) is 70.7 cm³/mol. The number of rotatable bonds is 4. The molecule has 2 aromatic heterocycles. The molecule has 3 rings (SSSR count). The second kappa shape index (κ2) is 5.45. The number of hydrogen-bond acceptors (Lipinski definition) is 7. The lowest BCUT2D eigenvalue weighted by Gasteiger charge is -2.03. The fourth-order valence-corrected chi connectivity index (χ4v) is 1.70. The van der Waals surface area contributed by atoms with Crippen LogP contribution in [0.5, 0.6) is 5.75 Å². The van der Waals surface area contributed by atoms with E-state index in [-0.39, 0.29) is 17.7 Å². The molecule has 8 nitrogen and oxygen atoms in total. The van der Waals surface area contributed by atoms with Crippen LogP contribution in [-0.2, 0) is 0 Å². The van der Waals surface area contributed by atoms with Crippen molar-refractivity contribution < 1.29 is 18.5 Å². The lowest BCUT2D eigenvalue weighted by atomic mass is 10.2. The molecule has 1 amide bonds. The topological polar surface area (TPSA) is 103 Å². The zero-order valence-electron chi connectivity index (χ0n) is 10.9. The van der Waals surface area contributed by atoms with Crippen LogP contribution in [0.25, 0.3) is 11.5 Å². The van der Waals surface area contributed by atoms with Gasteiger partial charge in [-0.25, -0.2) is 0 Å². The Kier molecular flexibility index (Phi) is 3.34. The number of aromatic nitrogens is 3. The Bertz CT molecular complexity index is 751. The van der Waals surface area contributed by atoms with E-state index in [2.05, 4.69) is 20.7 Å². The maximum atomic E-state index is 11.7. The number of nitrogens with zero attached hydrogens (tertiary/aromatic N) is 3. The average molecular weight is 286 g/mol. The van der Waals surface area contributed by atoms with Crippen molar-refractivity contribution in [2.45, 2.75) is 0 Å². The minimum Gasteiger partial charge on any atom is -0.496 e. The summed E-state index contributed by atoms with van der Waals surface area (Å²) in [5, 5.41) is 13.5. The summed E-state index contributed by atoms with van der Waals surface area (Å²) in [6.07, 6.45) is 1.36. The van der Waals surface area contributed by atoms with Gasteiger partial charge in [-0.15, -0.1) is 5.10 Å². The molecule has 0 unspecified atom stereocenters. The molecular formula is C13H10N4O4. The van der Waals surface area contributed by atoms with E-state index in [1.807, 2.05) is 12.1 Å². The van der Waals surface area contributed by atoms with Crippen molar-refractivity contribution in [3.8, 4) is 17.2 Å². The third-order valence-corrected chi connectivity index (χ3v) is 2.64. The Morgan fingerprint density at radius 2 is 2.10 bits per heavy atom. The van der Waals surface area contributed by atoms with Crippen molar-refractivity contribution >= 4 is 11.9 Å². The first-order chi connectivity index (χ1) is 10.3. The summed E-state index contributed by atoms with van der Waals surface area (Å²) in [5.41, 5.74) is 0.632. The van der Waals surface area contributed by atoms with Gasteiger partial charge in [0, 0.05) is 6.07 Å². The lowest BCUT2D eigenvalue weighted by molar-refractivity contribution is 0.0985. The minimum atomic E-state index is -0.525. The molecular weight excluding hydrogens is 276 g/mol. The first-order valence-corrected chi connectivity index (χ1v) is 5.97. The molecule has 2 heterocycles. The van der Waals surface area contributed by atoms with Crippen molar-refractivity contribution in [3.05, 3.63) is 42.3 Å². The molecule has 0 fully saturated rings. The number of methoxy groups -OCH3 is 1. The van der Waals surface area contributed by atoms with E-state index in [0.29, 0.717) is 11.3 Å². The predicted octanol–water partition coefficient (Wildman–Crippen LogP) is 1.99. The number of anilines is 1. The van der Waals surface area contributed by atoms with Gasteiger partial charge in [-0.3, -0.25) is 10.1 Å². The Balaban J connectivity index is 1.82. The van der Waals surface area contributed by atoms with Gasteiger partial charge in [0.05, 0.1) is 18.9 Å². The maximum absolute atomic E-state index is 11.7. The fourth-order valence-electron chi connectivity index (χ4n) is 1.70. The summed E-state index contributed by atoms with van der Waals surface area (Å²) in [7, 11) is 1.54. The molecule has 3 aromatic rings. The molecule has 1 N–H and O–H groups in total. The van der Waals surface area contributed by atoms with E-state index >= 15 is 0 Å². The number of nitrogens with one attached hydrogen (secondary N) is 1. The third kappa shape index (κ3) is 2.59. The highest BCUT2D eigenvalue weighted by atomic mass is 16.5. The Morgan fingerprint density at radius 3 is 2.86 bits per heavy atom. The quantitative estimate of drug-likeness (QED) is 0.782. The monoisotopic (exact) mass is 286 g/mol. The number of carbonyl (C=O) groups is 1. The van der Waals surface area contributed by atoms with Crippen molar-refractivity contribution in [1.82, 2.24) is 15.4 Å². The zero-order valence-corrected chi connectivity index (χ0v) is 10.9. The van der Waals surface area contributed by atoms with Gasteiger partial charge in [0.15, 0.2) is 0 Å². The van der Waals surface area contributed by atoms with Crippen LogP contribution in [0.4, 0.5) is 6.01 Å². The summed E-state index contributed by atoms with van der Waals surface area (Å²) in [5.74, 6) is 0.351. The number of hydrogen-bond donors (Lipinski definition) is 1. The highest BCUT2D eigenvalue weighted by molar-refractivity contribution is 6.00. The molecule has 0 aliphatic rings. The van der Waals surface area contributed by atoms with Crippen LogP contribution in [0.1, 0.15) is 10.6 Å².